The van der Waals surface area contributed by atoms with Crippen LogP contribution in [0.4, 0.5) is 5.13 Å². The minimum absolute atomic E-state index is 0.207. The zero-order chi connectivity index (χ0) is 25.7. The monoisotopic (exact) mass is 520 g/mol. The molecule has 1 aromatic heterocycles. The van der Waals surface area contributed by atoms with E-state index in [0.717, 1.165) is 33.9 Å². The summed E-state index contributed by atoms with van der Waals surface area (Å²) in [6, 6.07) is 14.9. The Hall–Kier alpha value is -3.96. The van der Waals surface area contributed by atoms with Crippen LogP contribution < -0.4 is 20.2 Å². The molecule has 0 aliphatic carbocycles. The maximum Gasteiger partial charge on any atom is 0.302 e. The van der Waals surface area contributed by atoms with Crippen LogP contribution in [0.3, 0.4) is 0 Å². The average Bonchev–Trinajstić information content (AvgIpc) is 3.52. The lowest BCUT2D eigenvalue weighted by Gasteiger charge is -2.06. The molecule has 2 aromatic carbocycles. The fourth-order valence-corrected chi connectivity index (χ4v) is 4.57. The fraction of sp³-hybridized carbons (Fsp3) is 0.160. The molecule has 0 bridgehead atoms. The van der Waals surface area contributed by atoms with E-state index in [1.165, 1.54) is 22.7 Å². The quantitative estimate of drug-likeness (QED) is 0.257. The van der Waals surface area contributed by atoms with Crippen LogP contribution in [0.25, 0.3) is 11.3 Å². The molecule has 2 N–H and O–H groups in total. The van der Waals surface area contributed by atoms with Crippen molar-refractivity contribution in [3.8, 4) is 22.8 Å². The summed E-state index contributed by atoms with van der Waals surface area (Å²) in [5.41, 5.74) is 9.09. The summed E-state index contributed by atoms with van der Waals surface area (Å²) in [6.07, 6.45) is 1.22. The molecular weight excluding hydrogens is 496 g/mol. The number of methoxy groups -OCH3 is 2. The van der Waals surface area contributed by atoms with Gasteiger partial charge in [0.15, 0.2) is 5.71 Å². The zero-order valence-corrected chi connectivity index (χ0v) is 21.8. The molecule has 11 heteroatoms. The van der Waals surface area contributed by atoms with Gasteiger partial charge in [-0.2, -0.15) is 10.1 Å². The van der Waals surface area contributed by atoms with E-state index in [4.69, 9.17) is 15.2 Å². The number of aliphatic imine (C=N–C) groups is 1. The average molecular weight is 521 g/mol. The molecule has 9 nitrogen and oxygen atoms in total. The number of carbonyl (C=O) groups excluding carboxylic acids is 1. The number of hydrogen-bond acceptors (Lipinski definition) is 9. The predicted molar refractivity (Wildman–Crippen MR) is 147 cm³/mol. The summed E-state index contributed by atoms with van der Waals surface area (Å²) in [5, 5.41) is 8.24. The van der Waals surface area contributed by atoms with Crippen LogP contribution in [0, 0.1) is 0 Å². The Bertz CT molecular complexity index is 1390. The second-order valence-electron chi connectivity index (χ2n) is 7.49. The Morgan fingerprint density at radius 2 is 1.83 bits per heavy atom. The zero-order valence-electron chi connectivity index (χ0n) is 20.1. The second kappa shape index (κ2) is 11.2. The Balaban J connectivity index is 1.71. The van der Waals surface area contributed by atoms with Gasteiger partial charge in [0.2, 0.25) is 5.13 Å². The van der Waals surface area contributed by atoms with Crippen LogP contribution in [0.15, 0.2) is 79.0 Å². The third kappa shape index (κ3) is 5.31. The molecule has 0 unspecified atom stereocenters. The highest BCUT2D eigenvalue weighted by Crippen LogP contribution is 2.32. The Kier molecular flexibility index (Phi) is 7.81. The highest BCUT2D eigenvalue weighted by Gasteiger charge is 2.36. The summed E-state index contributed by atoms with van der Waals surface area (Å²) in [6.45, 7) is 3.68. The number of nitrogens with zero attached hydrogens (tertiary/aromatic N) is 5. The Labute approximate surface area is 217 Å². The highest BCUT2D eigenvalue weighted by molar-refractivity contribution is 8.02. The molecule has 0 spiro atoms. The van der Waals surface area contributed by atoms with Crippen molar-refractivity contribution in [2.75, 3.05) is 19.2 Å². The van der Waals surface area contributed by atoms with Crippen molar-refractivity contribution in [1.82, 2.24) is 4.98 Å². The molecule has 184 valence electrons. The second-order valence-corrected chi connectivity index (χ2v) is 9.31. The van der Waals surface area contributed by atoms with Gasteiger partial charge < -0.3 is 15.2 Å². The van der Waals surface area contributed by atoms with E-state index in [-0.39, 0.29) is 11.6 Å². The first kappa shape index (κ1) is 25.1. The smallest absolute Gasteiger partial charge is 0.302 e. The number of hydrazone groups is 1. The number of aromatic nitrogens is 1. The van der Waals surface area contributed by atoms with Gasteiger partial charge in [-0.05, 0) is 50.2 Å². The number of carbonyl (C=O) groups is 1. The standard InChI is InChI=1S/C25H24N6O3S2/c1-15(27-14-26)16(2)36-30-23-22(18-6-5-7-20(12-18)34-4)29-31(24(23)32)25-28-21(13-35-25)17-8-10-19(33-3)11-9-17/h5-14H,1-4H3,(H2,26,27)/b16-15-,30-23-. The van der Waals surface area contributed by atoms with Crippen molar-refractivity contribution in [1.29, 1.82) is 0 Å². The molecule has 0 fully saturated rings. The number of nitrogens with two attached hydrogens (primary N) is 1. The van der Waals surface area contributed by atoms with Crippen LogP contribution >= 0.6 is 23.3 Å². The lowest BCUT2D eigenvalue weighted by Crippen LogP contribution is -2.27. The molecule has 0 atom stereocenters. The molecule has 36 heavy (non-hydrogen) atoms. The SMILES string of the molecule is COc1ccc(-c2csc(N3N=C(c4cccc(OC)c4)/C(=N/S/C(C)=C(/C)N=CN)C3=O)n2)cc1. The van der Waals surface area contributed by atoms with E-state index in [1.807, 2.05) is 67.8 Å². The van der Waals surface area contributed by atoms with Crippen molar-refractivity contribution < 1.29 is 14.3 Å². The van der Waals surface area contributed by atoms with Crippen LogP contribution in [-0.2, 0) is 4.79 Å². The molecule has 1 amide bonds. The molecule has 4 rings (SSSR count). The maximum atomic E-state index is 13.5. The highest BCUT2D eigenvalue weighted by atomic mass is 32.2. The molecule has 0 radical (unpaired) electrons. The molecule has 3 aromatic rings. The Morgan fingerprint density at radius 1 is 1.08 bits per heavy atom. The lowest BCUT2D eigenvalue weighted by atomic mass is 10.1. The van der Waals surface area contributed by atoms with Gasteiger partial charge >= 0.3 is 5.91 Å². The summed E-state index contributed by atoms with van der Waals surface area (Å²) >= 11 is 2.47. The Morgan fingerprint density at radius 3 is 2.53 bits per heavy atom. The first-order valence-electron chi connectivity index (χ1n) is 10.8. The topological polar surface area (TPSA) is 115 Å². The van der Waals surface area contributed by atoms with Gasteiger partial charge in [-0.25, -0.2) is 14.4 Å². The van der Waals surface area contributed by atoms with Gasteiger partial charge in [0.1, 0.15) is 17.2 Å². The van der Waals surface area contributed by atoms with Crippen LogP contribution in [0.2, 0.25) is 0 Å². The van der Waals surface area contributed by atoms with Gasteiger partial charge in [0.05, 0.1) is 31.9 Å². The largest absolute Gasteiger partial charge is 0.497 e. The molecule has 1 aliphatic rings. The first-order valence-corrected chi connectivity index (χ1v) is 12.4. The van der Waals surface area contributed by atoms with Crippen LogP contribution in [0.5, 0.6) is 11.5 Å². The number of thiazole rings is 1. The number of rotatable bonds is 8. The van der Waals surface area contributed by atoms with E-state index in [1.54, 1.807) is 14.2 Å². The van der Waals surface area contributed by atoms with Crippen molar-refractivity contribution in [3.05, 3.63) is 70.1 Å². The van der Waals surface area contributed by atoms with Gasteiger partial charge in [-0.3, -0.25) is 4.79 Å². The fourth-order valence-electron chi connectivity index (χ4n) is 3.21. The lowest BCUT2D eigenvalue weighted by molar-refractivity contribution is -0.112. The van der Waals surface area contributed by atoms with Crippen LogP contribution in [0.1, 0.15) is 19.4 Å². The number of anilines is 1. The van der Waals surface area contributed by atoms with Crippen LogP contribution in [-0.4, -0.2) is 42.9 Å². The third-order valence-corrected chi connectivity index (χ3v) is 6.93. The molecule has 2 heterocycles. The first-order chi connectivity index (χ1) is 17.4. The van der Waals surface area contributed by atoms with Gasteiger partial charge in [0, 0.05) is 33.4 Å². The van der Waals surface area contributed by atoms with Gasteiger partial charge in [-0.1, -0.05) is 12.1 Å². The number of benzene rings is 2. The minimum atomic E-state index is -0.372. The van der Waals surface area contributed by atoms with E-state index < -0.39 is 0 Å². The number of amides is 1. The number of ether oxygens (including phenoxy) is 2. The van der Waals surface area contributed by atoms with Crippen molar-refractivity contribution in [2.45, 2.75) is 13.8 Å². The molecule has 0 saturated carbocycles. The molecular formula is C25H24N6O3S2. The molecule has 1 aliphatic heterocycles. The summed E-state index contributed by atoms with van der Waals surface area (Å²) in [7, 11) is 3.21. The van der Waals surface area contributed by atoms with E-state index in [9.17, 15) is 4.79 Å². The van der Waals surface area contributed by atoms with Crippen molar-refractivity contribution in [2.24, 2.45) is 20.2 Å². The van der Waals surface area contributed by atoms with Gasteiger partial charge in [0.25, 0.3) is 0 Å². The summed E-state index contributed by atoms with van der Waals surface area (Å²) < 4.78 is 15.1. The van der Waals surface area contributed by atoms with Crippen molar-refractivity contribution in [3.63, 3.8) is 0 Å². The number of hydrogen-bond donors (Lipinski definition) is 1. The van der Waals surface area contributed by atoms with E-state index in [0.29, 0.717) is 27.9 Å². The maximum absolute atomic E-state index is 13.5. The molecule has 0 saturated heterocycles. The summed E-state index contributed by atoms with van der Waals surface area (Å²) in [5.74, 6) is 1.03. The predicted octanol–water partition coefficient (Wildman–Crippen LogP) is 4.91. The number of allylic oxidation sites excluding steroid dienone is 2. The van der Waals surface area contributed by atoms with Gasteiger partial charge in [-0.15, -0.1) is 11.3 Å². The third-order valence-electron chi connectivity index (χ3n) is 5.27. The minimum Gasteiger partial charge on any atom is -0.497 e. The summed E-state index contributed by atoms with van der Waals surface area (Å²) in [4.78, 5) is 23.0. The normalized spacial score (nSPS) is 15.4. The van der Waals surface area contributed by atoms with E-state index in [2.05, 4.69) is 19.5 Å². The van der Waals surface area contributed by atoms with Crippen molar-refractivity contribution >= 4 is 52.1 Å². The van der Waals surface area contributed by atoms with E-state index >= 15 is 0 Å².